The fraction of sp³-hybridized carbons (Fsp3) is 0.588. The number of carboxylic acids is 1. The van der Waals surface area contributed by atoms with Crippen molar-refractivity contribution in [1.29, 1.82) is 0 Å². The molecule has 1 aromatic heterocycles. The monoisotopic (exact) mass is 441 g/mol. The summed E-state index contributed by atoms with van der Waals surface area (Å²) in [7, 11) is 0. The van der Waals surface area contributed by atoms with Gasteiger partial charge in [0.05, 0.1) is 17.7 Å². The number of aliphatic carboxylic acids is 1. The zero-order chi connectivity index (χ0) is 21.3. The molecule has 1 amide bonds. The highest BCUT2D eigenvalue weighted by Gasteiger charge is 2.51. The number of hydrogen-bond acceptors (Lipinski definition) is 9. The van der Waals surface area contributed by atoms with Gasteiger partial charge in [-0.1, -0.05) is 11.8 Å². The van der Waals surface area contributed by atoms with E-state index in [-0.39, 0.29) is 22.9 Å². The Balaban J connectivity index is 1.74. The Hall–Kier alpha value is -2.05. The zero-order valence-corrected chi connectivity index (χ0v) is 17.9. The van der Waals surface area contributed by atoms with E-state index < -0.39 is 17.4 Å². The molecule has 1 saturated heterocycles. The molecule has 1 aromatic rings. The van der Waals surface area contributed by atoms with Gasteiger partial charge < -0.3 is 15.6 Å². The Kier molecular flexibility index (Phi) is 6.24. The molecule has 1 fully saturated rings. The summed E-state index contributed by atoms with van der Waals surface area (Å²) in [4.78, 5) is 37.2. The third-order valence-electron chi connectivity index (χ3n) is 4.69. The Morgan fingerprint density at radius 2 is 2.17 bits per heavy atom. The maximum Gasteiger partial charge on any atom is 0.352 e. The van der Waals surface area contributed by atoms with Gasteiger partial charge in [0, 0.05) is 17.9 Å². The lowest BCUT2D eigenvalue weighted by molar-refractivity contribution is -0.153. The van der Waals surface area contributed by atoms with Crippen LogP contribution in [-0.2, 0) is 25.5 Å². The highest BCUT2D eigenvalue weighted by Crippen LogP contribution is 2.41. The van der Waals surface area contributed by atoms with Crippen LogP contribution in [0.2, 0.25) is 0 Å². The summed E-state index contributed by atoms with van der Waals surface area (Å²) in [5.41, 5.74) is 6.23. The van der Waals surface area contributed by atoms with Gasteiger partial charge in [-0.15, -0.1) is 16.9 Å². The number of nitrogens with zero attached hydrogens (tertiary/aromatic N) is 3. The van der Waals surface area contributed by atoms with Gasteiger partial charge in [-0.25, -0.2) is 4.79 Å². The molecule has 12 heteroatoms. The van der Waals surface area contributed by atoms with Crippen molar-refractivity contribution >= 4 is 41.4 Å². The predicted molar refractivity (Wildman–Crippen MR) is 107 cm³/mol. The Labute approximate surface area is 176 Å². The fourth-order valence-corrected chi connectivity index (χ4v) is 5.50. The first-order valence-corrected chi connectivity index (χ1v) is 11.1. The van der Waals surface area contributed by atoms with Crippen molar-refractivity contribution in [3.63, 3.8) is 0 Å². The molecule has 2 aliphatic rings. The molecule has 2 atom stereocenters. The number of thioether (sulfide) groups is 2. The summed E-state index contributed by atoms with van der Waals surface area (Å²) >= 11 is 2.77. The normalized spacial score (nSPS) is 21.7. The van der Waals surface area contributed by atoms with Crippen LogP contribution in [0.5, 0.6) is 0 Å². The molecule has 3 rings (SSSR count). The lowest BCUT2D eigenvalue weighted by Gasteiger charge is -2.48. The van der Waals surface area contributed by atoms with Gasteiger partial charge in [-0.05, 0) is 26.3 Å². The molecule has 0 saturated carbocycles. The van der Waals surface area contributed by atoms with E-state index in [1.54, 1.807) is 20.8 Å². The predicted octanol–water partition coefficient (Wildman–Crippen LogP) is 0.610. The molecular weight excluding hydrogens is 418 g/mol. The third kappa shape index (κ3) is 4.14. The second-order valence-corrected chi connectivity index (χ2v) is 9.41. The average Bonchev–Trinajstić information content (AvgIpc) is 3.11. The smallest absolute Gasteiger partial charge is 0.352 e. The minimum Gasteiger partial charge on any atom is -0.477 e. The molecule has 0 radical (unpaired) electrons. The number of ether oxygens (including phenoxy) is 1. The van der Waals surface area contributed by atoms with Crippen molar-refractivity contribution in [3.8, 4) is 0 Å². The first kappa shape index (κ1) is 21.7. The molecule has 0 aromatic carbocycles. The van der Waals surface area contributed by atoms with Crippen molar-refractivity contribution < 1.29 is 24.2 Å². The number of amides is 1. The van der Waals surface area contributed by atoms with E-state index in [9.17, 15) is 19.5 Å². The van der Waals surface area contributed by atoms with Crippen molar-refractivity contribution in [2.24, 2.45) is 11.1 Å². The first-order valence-electron chi connectivity index (χ1n) is 9.02. The van der Waals surface area contributed by atoms with Crippen LogP contribution in [0.25, 0.3) is 0 Å². The number of fused-ring (bicyclic) bond motifs is 1. The number of aromatic nitrogens is 3. The van der Waals surface area contributed by atoms with Gasteiger partial charge in [-0.2, -0.15) is 10.3 Å². The molecule has 4 N–H and O–H groups in total. The van der Waals surface area contributed by atoms with E-state index in [0.717, 1.165) is 0 Å². The summed E-state index contributed by atoms with van der Waals surface area (Å²) in [5, 5.41) is 20.7. The van der Waals surface area contributed by atoms with Crippen molar-refractivity contribution in [1.82, 2.24) is 20.3 Å². The topological polar surface area (TPSA) is 152 Å². The minimum atomic E-state index is -1.14. The Morgan fingerprint density at radius 3 is 2.83 bits per heavy atom. The summed E-state index contributed by atoms with van der Waals surface area (Å²) < 4.78 is 5.11. The number of β-lactam (4-membered cyclic amide) rings is 1. The van der Waals surface area contributed by atoms with E-state index in [1.165, 1.54) is 28.4 Å². The number of nitrogens with one attached hydrogen (secondary N) is 1. The molecular formula is C17H23N5O5S2. The van der Waals surface area contributed by atoms with Gasteiger partial charge >= 0.3 is 11.9 Å². The molecule has 3 heterocycles. The summed E-state index contributed by atoms with van der Waals surface area (Å²) in [6, 6.07) is -0.657. The first-order chi connectivity index (χ1) is 13.7. The fourth-order valence-electron chi connectivity index (χ4n) is 3.14. The lowest BCUT2D eigenvalue weighted by atomic mass is 9.88. The van der Waals surface area contributed by atoms with Crippen LogP contribution in [0.1, 0.15) is 26.5 Å². The van der Waals surface area contributed by atoms with E-state index >= 15 is 0 Å². The van der Waals surface area contributed by atoms with Crippen molar-refractivity contribution in [2.45, 2.75) is 43.6 Å². The zero-order valence-electron chi connectivity index (χ0n) is 16.3. The average molecular weight is 442 g/mol. The number of nitrogens with two attached hydrogens (primary N) is 1. The number of esters is 1. The van der Waals surface area contributed by atoms with Crippen LogP contribution >= 0.6 is 23.5 Å². The van der Waals surface area contributed by atoms with Crippen LogP contribution in [0, 0.1) is 5.41 Å². The van der Waals surface area contributed by atoms with E-state index in [0.29, 0.717) is 40.8 Å². The molecule has 2 aliphatic heterocycles. The molecule has 0 bridgehead atoms. The lowest BCUT2D eigenvalue weighted by Crippen LogP contribution is -2.68. The molecule has 158 valence electrons. The van der Waals surface area contributed by atoms with Crippen LogP contribution < -0.4 is 5.73 Å². The van der Waals surface area contributed by atoms with Crippen LogP contribution in [-0.4, -0.2) is 72.8 Å². The van der Waals surface area contributed by atoms with Gasteiger partial charge in [0.25, 0.3) is 0 Å². The highest BCUT2D eigenvalue weighted by atomic mass is 32.2. The van der Waals surface area contributed by atoms with E-state index in [1.807, 2.05) is 0 Å². The second kappa shape index (κ2) is 8.36. The second-order valence-electron chi connectivity index (χ2n) is 7.34. The largest absolute Gasteiger partial charge is 0.477 e. The number of hydrogen-bond donors (Lipinski definition) is 3. The SMILES string of the molecule is CCOC(=O)C(C)(C)Cc1n[nH]nc1SCC1=C(C(=O)O)N2C(=O)C(N)[C@H]2SC1. The number of rotatable bonds is 8. The summed E-state index contributed by atoms with van der Waals surface area (Å²) in [6.45, 7) is 5.60. The van der Waals surface area contributed by atoms with E-state index in [2.05, 4.69) is 15.4 Å². The number of carbonyl (C=O) groups excluding carboxylic acids is 2. The molecule has 29 heavy (non-hydrogen) atoms. The van der Waals surface area contributed by atoms with Crippen LogP contribution in [0.4, 0.5) is 0 Å². The maximum absolute atomic E-state index is 12.1. The molecule has 0 aliphatic carbocycles. The Morgan fingerprint density at radius 1 is 1.45 bits per heavy atom. The van der Waals surface area contributed by atoms with Crippen molar-refractivity contribution in [3.05, 3.63) is 17.0 Å². The quantitative estimate of drug-likeness (QED) is 0.297. The van der Waals surface area contributed by atoms with Crippen LogP contribution in [0.3, 0.4) is 0 Å². The molecule has 1 unspecified atom stereocenters. The number of aromatic amines is 1. The van der Waals surface area contributed by atoms with Gasteiger partial charge in [-0.3, -0.25) is 14.5 Å². The van der Waals surface area contributed by atoms with E-state index in [4.69, 9.17) is 10.5 Å². The molecule has 0 spiro atoms. The van der Waals surface area contributed by atoms with Gasteiger partial charge in [0.15, 0.2) is 0 Å². The highest BCUT2D eigenvalue weighted by molar-refractivity contribution is 8.01. The van der Waals surface area contributed by atoms with Gasteiger partial charge in [0.1, 0.15) is 22.1 Å². The third-order valence-corrected chi connectivity index (χ3v) is 7.15. The molecule has 10 nitrogen and oxygen atoms in total. The number of H-pyrrole nitrogens is 1. The Bertz CT molecular complexity index is 868. The van der Waals surface area contributed by atoms with Gasteiger partial charge in [0.2, 0.25) is 5.91 Å². The standard InChI is InChI=1S/C17H23N5O5S2/c1-4-27-16(26)17(2,3)5-9-12(20-21-19-9)28-6-8-7-29-14-10(18)13(23)22(14)11(8)15(24)25/h10,14H,4-7,18H2,1-3H3,(H,24,25)(H,19,20,21)/t10?,14-/m1/s1. The number of carbonyl (C=O) groups is 3. The number of carboxylic acid groups (broad SMARTS) is 1. The maximum atomic E-state index is 12.1. The van der Waals surface area contributed by atoms with Crippen LogP contribution in [0.15, 0.2) is 16.3 Å². The van der Waals surface area contributed by atoms with Crippen molar-refractivity contribution in [2.75, 3.05) is 18.1 Å². The summed E-state index contributed by atoms with van der Waals surface area (Å²) in [5.74, 6) is -1.04. The minimum absolute atomic E-state index is 0.00449. The summed E-state index contributed by atoms with van der Waals surface area (Å²) in [6.07, 6.45) is 0.325.